The smallest absolute Gasteiger partial charge is 0.243 e. The molecule has 0 saturated carbocycles. The lowest BCUT2D eigenvalue weighted by Gasteiger charge is -2.33. The first-order valence-corrected chi connectivity index (χ1v) is 8.20. The molecule has 2 N–H and O–H groups in total. The number of aliphatic imine (C=N–C) groups is 1. The lowest BCUT2D eigenvalue weighted by molar-refractivity contribution is -0.127. The minimum atomic E-state index is -0.0128. The molecule has 8 nitrogen and oxygen atoms in total. The zero-order valence-electron chi connectivity index (χ0n) is 15.2. The molecule has 1 aliphatic rings. The second-order valence-corrected chi connectivity index (χ2v) is 6.37. The van der Waals surface area contributed by atoms with Crippen LogP contribution >= 0.6 is 24.0 Å². The third-order valence-electron chi connectivity index (χ3n) is 4.03. The monoisotopic (exact) mass is 461 g/mol. The van der Waals surface area contributed by atoms with Gasteiger partial charge < -0.3 is 15.1 Å². The number of aromatic amines is 1. The average molecular weight is 461 g/mol. The Morgan fingerprint density at radius 2 is 2.16 bits per heavy atom. The summed E-state index contributed by atoms with van der Waals surface area (Å²) in [6.07, 6.45) is 3.51. The number of hydrogen-bond donors (Lipinski definition) is 2. The Labute approximate surface area is 166 Å². The molecular formula is C16H28IN7O. The second-order valence-electron chi connectivity index (χ2n) is 6.37. The molecule has 0 atom stereocenters. The highest BCUT2D eigenvalue weighted by atomic mass is 127. The van der Waals surface area contributed by atoms with E-state index in [0.717, 1.165) is 43.3 Å². The maximum absolute atomic E-state index is 11.8. The SMILES string of the molecule is C=C(C)CNC(=NCC(=O)N(C)C)N1CCC(c2ncn[nH]2)CC1.I. The molecule has 0 aliphatic carbocycles. The summed E-state index contributed by atoms with van der Waals surface area (Å²) < 4.78 is 0. The van der Waals surface area contributed by atoms with Crippen LogP contribution in [0, 0.1) is 0 Å². The third kappa shape index (κ3) is 6.63. The summed E-state index contributed by atoms with van der Waals surface area (Å²) >= 11 is 0. The molecular weight excluding hydrogens is 433 g/mol. The Hall–Kier alpha value is -1.65. The van der Waals surface area contributed by atoms with Crippen molar-refractivity contribution >= 4 is 35.8 Å². The van der Waals surface area contributed by atoms with Gasteiger partial charge in [-0.15, -0.1) is 24.0 Å². The van der Waals surface area contributed by atoms with Crippen molar-refractivity contribution < 1.29 is 4.79 Å². The molecule has 0 aromatic carbocycles. The van der Waals surface area contributed by atoms with Crippen LogP contribution < -0.4 is 5.32 Å². The van der Waals surface area contributed by atoms with Gasteiger partial charge in [0.1, 0.15) is 18.7 Å². The number of carbonyl (C=O) groups is 1. The van der Waals surface area contributed by atoms with Gasteiger partial charge in [-0.2, -0.15) is 5.10 Å². The lowest BCUT2D eigenvalue weighted by atomic mass is 9.96. The summed E-state index contributed by atoms with van der Waals surface area (Å²) in [5.74, 6) is 2.10. The summed E-state index contributed by atoms with van der Waals surface area (Å²) in [5, 5.41) is 10.2. The first-order chi connectivity index (χ1) is 11.5. The minimum Gasteiger partial charge on any atom is -0.353 e. The molecule has 25 heavy (non-hydrogen) atoms. The highest BCUT2D eigenvalue weighted by Gasteiger charge is 2.24. The van der Waals surface area contributed by atoms with Gasteiger partial charge in [-0.05, 0) is 19.8 Å². The zero-order valence-corrected chi connectivity index (χ0v) is 17.5. The van der Waals surface area contributed by atoms with E-state index in [1.807, 2.05) is 6.92 Å². The first kappa shape index (κ1) is 21.4. The molecule has 2 rings (SSSR count). The number of carbonyl (C=O) groups excluding carboxylic acids is 1. The summed E-state index contributed by atoms with van der Waals surface area (Å²) in [5.41, 5.74) is 1.03. The van der Waals surface area contributed by atoms with E-state index in [1.54, 1.807) is 25.3 Å². The van der Waals surface area contributed by atoms with Gasteiger partial charge in [0.25, 0.3) is 0 Å². The minimum absolute atomic E-state index is 0. The van der Waals surface area contributed by atoms with Crippen LogP contribution in [-0.4, -0.2) is 77.1 Å². The normalized spacial score (nSPS) is 15.5. The number of guanidine groups is 1. The number of likely N-dealkylation sites (N-methyl/N-ethyl adjacent to an activating group) is 1. The molecule has 140 valence electrons. The summed E-state index contributed by atoms with van der Waals surface area (Å²) in [4.78, 5) is 24.3. The maximum Gasteiger partial charge on any atom is 0.243 e. The van der Waals surface area contributed by atoms with Crippen LogP contribution in [0.1, 0.15) is 31.5 Å². The summed E-state index contributed by atoms with van der Waals surface area (Å²) in [6.45, 7) is 8.40. The number of halogens is 1. The fraction of sp³-hybridized carbons (Fsp3) is 0.625. The van der Waals surface area contributed by atoms with Crippen molar-refractivity contribution in [1.82, 2.24) is 30.3 Å². The van der Waals surface area contributed by atoms with Crippen LogP contribution in [0.3, 0.4) is 0 Å². The molecule has 1 saturated heterocycles. The van der Waals surface area contributed by atoms with Crippen molar-refractivity contribution in [2.24, 2.45) is 4.99 Å². The van der Waals surface area contributed by atoms with Crippen molar-refractivity contribution in [3.8, 4) is 0 Å². The predicted molar refractivity (Wildman–Crippen MR) is 109 cm³/mol. The van der Waals surface area contributed by atoms with Crippen LogP contribution in [0.2, 0.25) is 0 Å². The Kier molecular flexibility index (Phi) is 8.87. The molecule has 0 spiro atoms. The molecule has 1 fully saturated rings. The highest BCUT2D eigenvalue weighted by Crippen LogP contribution is 2.24. The van der Waals surface area contributed by atoms with E-state index in [0.29, 0.717) is 12.5 Å². The molecule has 9 heteroatoms. The van der Waals surface area contributed by atoms with Crippen LogP contribution in [0.15, 0.2) is 23.5 Å². The molecule has 1 aliphatic heterocycles. The van der Waals surface area contributed by atoms with E-state index in [-0.39, 0.29) is 36.4 Å². The lowest BCUT2D eigenvalue weighted by Crippen LogP contribution is -2.46. The molecule has 0 unspecified atom stereocenters. The number of nitrogens with zero attached hydrogens (tertiary/aromatic N) is 5. The second kappa shape index (κ2) is 10.4. The standard InChI is InChI=1S/C16H27N7O.HI/c1-12(2)9-17-16(18-10-14(24)22(3)4)23-7-5-13(6-8-23)15-19-11-20-21-15;/h11,13H,1,5-10H2,2-4H3,(H,17,18)(H,19,20,21);1H. The summed E-state index contributed by atoms with van der Waals surface area (Å²) in [6, 6.07) is 0. The van der Waals surface area contributed by atoms with Gasteiger partial charge in [0.2, 0.25) is 5.91 Å². The maximum atomic E-state index is 11.8. The highest BCUT2D eigenvalue weighted by molar-refractivity contribution is 14.0. The van der Waals surface area contributed by atoms with Crippen molar-refractivity contribution in [3.63, 3.8) is 0 Å². The van der Waals surface area contributed by atoms with Crippen molar-refractivity contribution in [3.05, 3.63) is 24.3 Å². The molecule has 2 heterocycles. The van der Waals surface area contributed by atoms with Gasteiger partial charge in [-0.25, -0.2) is 9.98 Å². The molecule has 1 aromatic rings. The van der Waals surface area contributed by atoms with Gasteiger partial charge in [-0.3, -0.25) is 9.89 Å². The van der Waals surface area contributed by atoms with Gasteiger partial charge in [0.05, 0.1) is 0 Å². The number of aromatic nitrogens is 3. The molecule has 1 amide bonds. The van der Waals surface area contributed by atoms with Crippen LogP contribution in [0.25, 0.3) is 0 Å². The van der Waals surface area contributed by atoms with E-state index in [9.17, 15) is 4.79 Å². The summed E-state index contributed by atoms with van der Waals surface area (Å²) in [7, 11) is 3.48. The Bertz CT molecular complexity index is 577. The van der Waals surface area contributed by atoms with E-state index in [2.05, 4.69) is 37.0 Å². The van der Waals surface area contributed by atoms with Gasteiger partial charge in [-0.1, -0.05) is 12.2 Å². The third-order valence-corrected chi connectivity index (χ3v) is 4.03. The van der Waals surface area contributed by atoms with E-state index in [1.165, 1.54) is 0 Å². The molecule has 0 radical (unpaired) electrons. The van der Waals surface area contributed by atoms with Crippen LogP contribution in [0.5, 0.6) is 0 Å². The van der Waals surface area contributed by atoms with Gasteiger partial charge in [0, 0.05) is 39.6 Å². The van der Waals surface area contributed by atoms with Gasteiger partial charge >= 0.3 is 0 Å². The Morgan fingerprint density at radius 1 is 1.48 bits per heavy atom. The first-order valence-electron chi connectivity index (χ1n) is 8.20. The van der Waals surface area contributed by atoms with E-state index >= 15 is 0 Å². The fourth-order valence-electron chi connectivity index (χ4n) is 2.56. The van der Waals surface area contributed by atoms with Crippen molar-refractivity contribution in [2.75, 3.05) is 40.3 Å². The predicted octanol–water partition coefficient (Wildman–Crippen LogP) is 1.21. The number of likely N-dealkylation sites (tertiary alicyclic amines) is 1. The molecule has 1 aromatic heterocycles. The molecule has 0 bridgehead atoms. The zero-order chi connectivity index (χ0) is 17.5. The fourth-order valence-corrected chi connectivity index (χ4v) is 2.56. The number of H-pyrrole nitrogens is 1. The largest absolute Gasteiger partial charge is 0.353 e. The van der Waals surface area contributed by atoms with E-state index < -0.39 is 0 Å². The van der Waals surface area contributed by atoms with E-state index in [4.69, 9.17) is 0 Å². The van der Waals surface area contributed by atoms with Gasteiger partial charge in [0.15, 0.2) is 5.96 Å². The quantitative estimate of drug-likeness (QED) is 0.298. The van der Waals surface area contributed by atoms with Crippen LogP contribution in [-0.2, 0) is 4.79 Å². The number of hydrogen-bond acceptors (Lipinski definition) is 4. The average Bonchev–Trinajstić information content (AvgIpc) is 3.09. The topological polar surface area (TPSA) is 89.5 Å². The van der Waals surface area contributed by atoms with Crippen molar-refractivity contribution in [2.45, 2.75) is 25.7 Å². The van der Waals surface area contributed by atoms with Crippen LogP contribution in [0.4, 0.5) is 0 Å². The Balaban J connectivity index is 0.00000312. The van der Waals surface area contributed by atoms with Crippen molar-refractivity contribution in [1.29, 1.82) is 0 Å². The number of rotatable bonds is 5. The number of amides is 1. The Morgan fingerprint density at radius 3 is 2.68 bits per heavy atom. The number of piperidine rings is 1. The number of nitrogens with one attached hydrogen (secondary N) is 2.